The normalized spacial score (nSPS) is 11.6. The van der Waals surface area contributed by atoms with Crippen molar-refractivity contribution in [2.45, 2.75) is 0 Å². The molecule has 5 nitrogen and oxygen atoms in total. The van der Waals surface area contributed by atoms with Crippen molar-refractivity contribution in [2.75, 3.05) is 0 Å². The van der Waals surface area contributed by atoms with Gasteiger partial charge >= 0.3 is 0 Å². The van der Waals surface area contributed by atoms with Gasteiger partial charge in [-0.1, -0.05) is 91.0 Å². The Kier molecular flexibility index (Phi) is 5.38. The molecular formula is C36H22N4O. The van der Waals surface area contributed by atoms with Gasteiger partial charge in [0.2, 0.25) is 0 Å². The minimum atomic E-state index is 0.587. The molecule has 5 aromatic carbocycles. The van der Waals surface area contributed by atoms with Crippen LogP contribution < -0.4 is 4.74 Å². The largest absolute Gasteiger partial charge is 0.456 e. The smallest absolute Gasteiger partial charge is 0.164 e. The highest BCUT2D eigenvalue weighted by Gasteiger charge is 2.21. The second-order valence-corrected chi connectivity index (χ2v) is 9.97. The second kappa shape index (κ2) is 9.50. The van der Waals surface area contributed by atoms with Gasteiger partial charge < -0.3 is 4.74 Å². The Balaban J connectivity index is 1.28. The predicted molar refractivity (Wildman–Crippen MR) is 162 cm³/mol. The van der Waals surface area contributed by atoms with Crippen molar-refractivity contribution in [1.29, 1.82) is 0 Å². The first kappa shape index (κ1) is 23.2. The van der Waals surface area contributed by atoms with Gasteiger partial charge in [0, 0.05) is 45.6 Å². The van der Waals surface area contributed by atoms with Crippen molar-refractivity contribution in [3.63, 3.8) is 0 Å². The van der Waals surface area contributed by atoms with E-state index in [0.717, 1.165) is 55.7 Å². The fraction of sp³-hybridized carbons (Fsp3) is 0. The van der Waals surface area contributed by atoms with Gasteiger partial charge in [-0.3, -0.25) is 4.98 Å². The molecule has 7 aromatic rings. The van der Waals surface area contributed by atoms with E-state index in [-0.39, 0.29) is 0 Å². The van der Waals surface area contributed by atoms with Gasteiger partial charge in [-0.15, -0.1) is 0 Å². The number of hydrogen-bond acceptors (Lipinski definition) is 5. The summed E-state index contributed by atoms with van der Waals surface area (Å²) in [7, 11) is 0. The molecule has 0 spiro atoms. The maximum Gasteiger partial charge on any atom is 0.164 e. The van der Waals surface area contributed by atoms with E-state index >= 15 is 0 Å². The summed E-state index contributed by atoms with van der Waals surface area (Å²) in [5.74, 6) is 3.45. The second-order valence-electron chi connectivity index (χ2n) is 9.97. The summed E-state index contributed by atoms with van der Waals surface area (Å²) in [5, 5.41) is 2.30. The lowest BCUT2D eigenvalue weighted by atomic mass is 9.94. The van der Waals surface area contributed by atoms with Crippen LogP contribution in [-0.2, 0) is 0 Å². The van der Waals surface area contributed by atoms with Crippen LogP contribution in [0.15, 0.2) is 134 Å². The summed E-state index contributed by atoms with van der Waals surface area (Å²) in [6.07, 6.45) is 3.64. The molecule has 3 heterocycles. The topological polar surface area (TPSA) is 60.8 Å². The highest BCUT2D eigenvalue weighted by Crippen LogP contribution is 2.47. The SMILES string of the molecule is c1ccc(-c2nc(-c3cccc(-c4cccnc4)c3)nc(-c3ccc4c(c3)Oc3cccc5cccc-4c35)n2)cc1. The number of pyridine rings is 1. The molecule has 0 amide bonds. The van der Waals surface area contributed by atoms with E-state index < -0.39 is 0 Å². The molecule has 41 heavy (non-hydrogen) atoms. The molecule has 0 aliphatic carbocycles. The molecular weight excluding hydrogens is 504 g/mol. The molecule has 8 rings (SSSR count). The molecule has 0 saturated heterocycles. The number of fused-ring (bicyclic) bond motifs is 2. The van der Waals surface area contributed by atoms with E-state index in [0.29, 0.717) is 17.5 Å². The van der Waals surface area contributed by atoms with Crippen LogP contribution in [-0.4, -0.2) is 19.9 Å². The predicted octanol–water partition coefficient (Wildman–Crippen LogP) is 8.86. The van der Waals surface area contributed by atoms with E-state index in [1.165, 1.54) is 5.56 Å². The van der Waals surface area contributed by atoms with Gasteiger partial charge in [-0.2, -0.15) is 0 Å². The molecule has 1 aliphatic rings. The minimum Gasteiger partial charge on any atom is -0.456 e. The van der Waals surface area contributed by atoms with Crippen LogP contribution in [0.1, 0.15) is 0 Å². The quantitative estimate of drug-likeness (QED) is 0.229. The van der Waals surface area contributed by atoms with Crippen molar-refractivity contribution in [3.8, 4) is 67.9 Å². The van der Waals surface area contributed by atoms with Crippen molar-refractivity contribution in [3.05, 3.63) is 134 Å². The summed E-state index contributed by atoms with van der Waals surface area (Å²) in [4.78, 5) is 19.1. The van der Waals surface area contributed by atoms with Crippen LogP contribution in [0, 0.1) is 0 Å². The standard InChI is InChI=1S/C36H22N4O/c1-2-8-24(9-3-1)34-38-35(26-13-4-12-25(20-26)28-14-7-19-37-22-28)40-36(39-34)27-17-18-29-30-15-5-10-23-11-6-16-31(33(23)30)41-32(29)21-27/h1-22H. The Morgan fingerprint density at radius 1 is 0.439 bits per heavy atom. The Hall–Kier alpha value is -5.68. The summed E-state index contributed by atoms with van der Waals surface area (Å²) >= 11 is 0. The zero-order chi connectivity index (χ0) is 27.2. The third kappa shape index (κ3) is 4.12. The Labute approximate surface area is 236 Å². The first-order valence-electron chi connectivity index (χ1n) is 13.5. The highest BCUT2D eigenvalue weighted by molar-refractivity contribution is 6.04. The molecule has 192 valence electrons. The fourth-order valence-electron chi connectivity index (χ4n) is 5.42. The molecule has 0 bridgehead atoms. The Morgan fingerprint density at radius 2 is 1.12 bits per heavy atom. The lowest BCUT2D eigenvalue weighted by Crippen LogP contribution is -2.01. The molecule has 5 heteroatoms. The zero-order valence-electron chi connectivity index (χ0n) is 21.9. The number of benzene rings is 5. The fourth-order valence-corrected chi connectivity index (χ4v) is 5.42. The Bertz CT molecular complexity index is 2070. The van der Waals surface area contributed by atoms with Crippen LogP contribution >= 0.6 is 0 Å². The minimum absolute atomic E-state index is 0.587. The summed E-state index contributed by atoms with van der Waals surface area (Å²) < 4.78 is 6.43. The van der Waals surface area contributed by atoms with Crippen molar-refractivity contribution < 1.29 is 4.74 Å². The van der Waals surface area contributed by atoms with E-state index in [4.69, 9.17) is 19.7 Å². The van der Waals surface area contributed by atoms with Crippen molar-refractivity contribution in [2.24, 2.45) is 0 Å². The lowest BCUT2D eigenvalue weighted by Gasteiger charge is -2.21. The van der Waals surface area contributed by atoms with E-state index in [9.17, 15) is 0 Å². The molecule has 0 radical (unpaired) electrons. The molecule has 2 aromatic heterocycles. The van der Waals surface area contributed by atoms with Crippen molar-refractivity contribution >= 4 is 10.8 Å². The van der Waals surface area contributed by atoms with Crippen LogP contribution in [0.2, 0.25) is 0 Å². The monoisotopic (exact) mass is 526 g/mol. The van der Waals surface area contributed by atoms with Crippen LogP contribution in [0.5, 0.6) is 11.5 Å². The first-order valence-corrected chi connectivity index (χ1v) is 13.5. The Morgan fingerprint density at radius 3 is 1.93 bits per heavy atom. The van der Waals surface area contributed by atoms with Crippen LogP contribution in [0.3, 0.4) is 0 Å². The lowest BCUT2D eigenvalue weighted by molar-refractivity contribution is 0.487. The number of hydrogen-bond donors (Lipinski definition) is 0. The average molecular weight is 527 g/mol. The maximum absolute atomic E-state index is 6.43. The van der Waals surface area contributed by atoms with Gasteiger partial charge in [-0.25, -0.2) is 15.0 Å². The van der Waals surface area contributed by atoms with Gasteiger partial charge in [0.05, 0.1) is 0 Å². The summed E-state index contributed by atoms with van der Waals surface area (Å²) in [6, 6.07) is 40.9. The van der Waals surface area contributed by atoms with Crippen LogP contribution in [0.4, 0.5) is 0 Å². The van der Waals surface area contributed by atoms with Crippen molar-refractivity contribution in [1.82, 2.24) is 19.9 Å². The summed E-state index contributed by atoms with van der Waals surface area (Å²) in [6.45, 7) is 0. The van der Waals surface area contributed by atoms with Gasteiger partial charge in [0.1, 0.15) is 11.5 Å². The third-order valence-corrected chi connectivity index (χ3v) is 7.40. The van der Waals surface area contributed by atoms with Crippen LogP contribution in [0.25, 0.3) is 67.2 Å². The summed E-state index contributed by atoms with van der Waals surface area (Å²) in [5.41, 5.74) is 7.00. The van der Waals surface area contributed by atoms with E-state index in [1.54, 1.807) is 6.20 Å². The molecule has 0 N–H and O–H groups in total. The first-order chi connectivity index (χ1) is 20.3. The molecule has 0 atom stereocenters. The van der Waals surface area contributed by atoms with E-state index in [2.05, 4.69) is 53.5 Å². The van der Waals surface area contributed by atoms with E-state index in [1.807, 2.05) is 79.0 Å². The maximum atomic E-state index is 6.43. The van der Waals surface area contributed by atoms with Gasteiger partial charge in [-0.05, 0) is 46.8 Å². The number of nitrogens with zero attached hydrogens (tertiary/aromatic N) is 4. The highest BCUT2D eigenvalue weighted by atomic mass is 16.5. The number of ether oxygens (including phenoxy) is 1. The third-order valence-electron chi connectivity index (χ3n) is 7.40. The average Bonchev–Trinajstić information content (AvgIpc) is 3.05. The molecule has 0 unspecified atom stereocenters. The molecule has 0 saturated carbocycles. The zero-order valence-corrected chi connectivity index (χ0v) is 21.9. The van der Waals surface area contributed by atoms with Gasteiger partial charge in [0.25, 0.3) is 0 Å². The number of rotatable bonds is 4. The van der Waals surface area contributed by atoms with Gasteiger partial charge in [0.15, 0.2) is 17.5 Å². The molecule has 0 fully saturated rings. The molecule has 1 aliphatic heterocycles. The number of aromatic nitrogens is 4.